The lowest BCUT2D eigenvalue weighted by atomic mass is 10.1. The summed E-state index contributed by atoms with van der Waals surface area (Å²) in [6.45, 7) is 0.419. The predicted molar refractivity (Wildman–Crippen MR) is 139 cm³/mol. The number of nitrogen functional groups attached to an aromatic ring is 1. The lowest BCUT2D eigenvalue weighted by Gasteiger charge is -2.23. The van der Waals surface area contributed by atoms with Crippen molar-refractivity contribution in [2.45, 2.75) is 44.1 Å². The van der Waals surface area contributed by atoms with Crippen LogP contribution in [0.4, 0.5) is 27.8 Å². The Labute approximate surface area is 233 Å². The number of carbonyl (C=O) groups excluding carboxylic acids is 1. The van der Waals surface area contributed by atoms with E-state index in [2.05, 4.69) is 30.4 Å². The van der Waals surface area contributed by atoms with E-state index in [1.807, 2.05) is 0 Å². The van der Waals surface area contributed by atoms with E-state index < -0.39 is 29.8 Å². The minimum Gasteiger partial charge on any atom is -0.382 e. The first kappa shape index (κ1) is 27.4. The third-order valence-electron chi connectivity index (χ3n) is 6.94. The van der Waals surface area contributed by atoms with Crippen LogP contribution in [-0.2, 0) is 17.2 Å². The number of amides is 1. The maximum atomic E-state index is 14.2. The summed E-state index contributed by atoms with van der Waals surface area (Å²) in [4.78, 5) is 29.4. The molecule has 1 saturated heterocycles. The number of hydrogen-bond donors (Lipinski definition) is 2. The Morgan fingerprint density at radius 3 is 2.55 bits per heavy atom. The Hall–Kier alpha value is -4.73. The van der Waals surface area contributed by atoms with Crippen molar-refractivity contribution in [3.05, 3.63) is 66.0 Å². The molecule has 11 nitrogen and oxygen atoms in total. The zero-order chi connectivity index (χ0) is 29.6. The summed E-state index contributed by atoms with van der Waals surface area (Å²) in [6, 6.07) is 7.61. The van der Waals surface area contributed by atoms with E-state index in [4.69, 9.17) is 10.5 Å². The van der Waals surface area contributed by atoms with Crippen LogP contribution in [0.25, 0.3) is 27.9 Å². The van der Waals surface area contributed by atoms with Crippen LogP contribution in [0.2, 0.25) is 0 Å². The molecule has 1 atom stereocenters. The maximum absolute atomic E-state index is 14.2. The molecule has 42 heavy (non-hydrogen) atoms. The number of aromatic nitrogens is 7. The number of fused-ring (bicyclic) bond motifs is 2. The molecule has 0 spiro atoms. The van der Waals surface area contributed by atoms with Gasteiger partial charge < -0.3 is 15.8 Å². The van der Waals surface area contributed by atoms with E-state index >= 15 is 0 Å². The van der Waals surface area contributed by atoms with Crippen molar-refractivity contribution in [2.75, 3.05) is 12.3 Å². The highest BCUT2D eigenvalue weighted by atomic mass is 19.4. The molecule has 1 unspecified atom stereocenters. The molecule has 1 aliphatic rings. The van der Waals surface area contributed by atoms with Gasteiger partial charge in [-0.3, -0.25) is 9.36 Å². The monoisotopic (exact) mass is 587 g/mol. The van der Waals surface area contributed by atoms with Crippen molar-refractivity contribution < 1.29 is 31.5 Å². The van der Waals surface area contributed by atoms with E-state index in [0.717, 1.165) is 12.8 Å². The molecular weight excluding hydrogens is 565 g/mol. The second kappa shape index (κ2) is 10.3. The Morgan fingerprint density at radius 2 is 1.83 bits per heavy atom. The molecule has 1 aromatic carbocycles. The fourth-order valence-electron chi connectivity index (χ4n) is 4.73. The van der Waals surface area contributed by atoms with Crippen molar-refractivity contribution >= 4 is 33.9 Å². The van der Waals surface area contributed by atoms with Gasteiger partial charge in [-0.05, 0) is 43.0 Å². The number of imidazole rings is 1. The highest BCUT2D eigenvalue weighted by Crippen LogP contribution is 2.44. The third-order valence-corrected chi connectivity index (χ3v) is 6.94. The molecule has 0 saturated carbocycles. The first-order valence-corrected chi connectivity index (χ1v) is 12.8. The number of ether oxygens (including phenoxy) is 1. The summed E-state index contributed by atoms with van der Waals surface area (Å²) >= 11 is 0. The molecule has 3 N–H and O–H groups in total. The Morgan fingerprint density at radius 1 is 1.05 bits per heavy atom. The van der Waals surface area contributed by atoms with E-state index in [-0.39, 0.29) is 29.1 Å². The molecule has 218 valence electrons. The summed E-state index contributed by atoms with van der Waals surface area (Å²) in [6.07, 6.45) is -1.07. The summed E-state index contributed by atoms with van der Waals surface area (Å²) < 4.78 is 76.2. The Balaban J connectivity index is 1.27. The van der Waals surface area contributed by atoms with Gasteiger partial charge in [0.25, 0.3) is 5.91 Å². The third kappa shape index (κ3) is 4.76. The van der Waals surface area contributed by atoms with Crippen molar-refractivity contribution in [3.8, 4) is 5.69 Å². The minimum atomic E-state index is -5.85. The van der Waals surface area contributed by atoms with E-state index in [9.17, 15) is 26.7 Å². The summed E-state index contributed by atoms with van der Waals surface area (Å²) in [7, 11) is 0. The van der Waals surface area contributed by atoms with Gasteiger partial charge in [-0.1, -0.05) is 12.1 Å². The van der Waals surface area contributed by atoms with Crippen LogP contribution in [0.1, 0.15) is 47.1 Å². The first-order valence-electron chi connectivity index (χ1n) is 12.8. The normalized spacial score (nSPS) is 16.3. The number of hydrogen-bond acceptors (Lipinski definition) is 8. The number of nitrogens with zero attached hydrogens (tertiary/aromatic N) is 7. The molecular formula is C26H22F5N9O2. The van der Waals surface area contributed by atoms with E-state index in [1.54, 1.807) is 35.2 Å². The number of nitrogens with two attached hydrogens (primary N) is 1. The van der Waals surface area contributed by atoms with Gasteiger partial charge in [-0.15, -0.1) is 0 Å². The SMILES string of the molecule is Nc1ncnc2c1ncn2-c1ccc(CNC(=O)c2nn(C3CCCCO3)c3ncc(C(F)(F)C(F)(F)F)cc23)cc1. The number of rotatable bonds is 6. The standard InChI is InChI=1S/C26H22F5N9O2/c27-25(28,26(29,30)31)15-9-17-19(38-40(22(17)33-11-15)18-3-1-2-8-42-18)24(41)34-10-14-4-6-16(7-5-14)39-13-37-20-21(32)35-12-36-23(20)39/h4-7,9,11-13,18H,1-3,8,10H2,(H,34,41)(H2,32,35,36). The van der Waals surface area contributed by atoms with Gasteiger partial charge in [0.15, 0.2) is 34.6 Å². The average molecular weight is 588 g/mol. The molecule has 5 aromatic rings. The van der Waals surface area contributed by atoms with Crippen LogP contribution >= 0.6 is 0 Å². The summed E-state index contributed by atoms with van der Waals surface area (Å²) in [5, 5.41) is 6.66. The predicted octanol–water partition coefficient (Wildman–Crippen LogP) is 4.43. The smallest absolute Gasteiger partial charge is 0.382 e. The molecule has 0 aliphatic carbocycles. The largest absolute Gasteiger partial charge is 0.458 e. The highest BCUT2D eigenvalue weighted by Gasteiger charge is 2.59. The van der Waals surface area contributed by atoms with Gasteiger partial charge in [0, 0.05) is 30.6 Å². The fraction of sp³-hybridized carbons (Fsp3) is 0.308. The quantitative estimate of drug-likeness (QED) is 0.279. The molecule has 0 radical (unpaired) electrons. The van der Waals surface area contributed by atoms with Crippen LogP contribution in [0.15, 0.2) is 49.2 Å². The Kier molecular flexibility index (Phi) is 6.71. The second-order valence-electron chi connectivity index (χ2n) is 9.68. The molecule has 1 fully saturated rings. The number of nitrogens with one attached hydrogen (secondary N) is 1. The zero-order valence-corrected chi connectivity index (χ0v) is 21.6. The highest BCUT2D eigenvalue weighted by molar-refractivity contribution is 6.04. The topological polar surface area (TPSA) is 139 Å². The Bertz CT molecular complexity index is 1780. The number of pyridine rings is 1. The van der Waals surface area contributed by atoms with Crippen LogP contribution < -0.4 is 11.1 Å². The minimum absolute atomic E-state index is 0.0129. The van der Waals surface area contributed by atoms with Crippen molar-refractivity contribution in [3.63, 3.8) is 0 Å². The summed E-state index contributed by atoms with van der Waals surface area (Å²) in [5.74, 6) is -5.71. The van der Waals surface area contributed by atoms with Crippen LogP contribution in [0.3, 0.4) is 0 Å². The number of benzene rings is 1. The van der Waals surface area contributed by atoms with Crippen molar-refractivity contribution in [1.82, 2.24) is 39.6 Å². The number of carbonyl (C=O) groups is 1. The van der Waals surface area contributed by atoms with Gasteiger partial charge in [0.05, 0.1) is 5.39 Å². The van der Waals surface area contributed by atoms with Crippen LogP contribution in [-0.4, -0.2) is 53.0 Å². The lowest BCUT2D eigenvalue weighted by Crippen LogP contribution is -2.33. The maximum Gasteiger partial charge on any atom is 0.458 e. The summed E-state index contributed by atoms with van der Waals surface area (Å²) in [5.41, 5.74) is 6.42. The second-order valence-corrected chi connectivity index (χ2v) is 9.68. The lowest BCUT2D eigenvalue weighted by molar-refractivity contribution is -0.289. The number of alkyl halides is 5. The van der Waals surface area contributed by atoms with Gasteiger partial charge in [-0.2, -0.15) is 27.1 Å². The van der Waals surface area contributed by atoms with Gasteiger partial charge in [0.1, 0.15) is 12.7 Å². The van der Waals surface area contributed by atoms with E-state index in [0.29, 0.717) is 47.7 Å². The molecule has 4 aromatic heterocycles. The van der Waals surface area contributed by atoms with Crippen LogP contribution in [0.5, 0.6) is 0 Å². The van der Waals surface area contributed by atoms with Crippen molar-refractivity contribution in [2.24, 2.45) is 0 Å². The van der Waals surface area contributed by atoms with Gasteiger partial charge in [0.2, 0.25) is 0 Å². The van der Waals surface area contributed by atoms with Crippen molar-refractivity contribution in [1.29, 1.82) is 0 Å². The molecule has 1 amide bonds. The zero-order valence-electron chi connectivity index (χ0n) is 21.6. The molecule has 5 heterocycles. The first-order chi connectivity index (χ1) is 20.0. The number of anilines is 1. The average Bonchev–Trinajstić information content (AvgIpc) is 3.59. The fourth-order valence-corrected chi connectivity index (χ4v) is 4.73. The van der Waals surface area contributed by atoms with E-state index in [1.165, 1.54) is 11.0 Å². The molecule has 6 rings (SSSR count). The van der Waals surface area contributed by atoms with Crippen LogP contribution in [0, 0.1) is 0 Å². The van der Waals surface area contributed by atoms with Gasteiger partial charge >= 0.3 is 12.1 Å². The molecule has 1 aliphatic heterocycles. The molecule has 0 bridgehead atoms. The molecule has 16 heteroatoms. The number of halogens is 5. The van der Waals surface area contributed by atoms with Gasteiger partial charge in [-0.25, -0.2) is 24.6 Å².